The molecule has 1 aliphatic rings. The van der Waals surface area contributed by atoms with Crippen molar-refractivity contribution in [1.29, 1.82) is 0 Å². The molecule has 0 saturated carbocycles. The second kappa shape index (κ2) is 4.54. The van der Waals surface area contributed by atoms with Crippen molar-refractivity contribution in [3.8, 4) is 0 Å². The highest BCUT2D eigenvalue weighted by molar-refractivity contribution is 5.18. The van der Waals surface area contributed by atoms with E-state index in [1.54, 1.807) is 5.57 Å². The smallest absolute Gasteiger partial charge is 0.0135 e. The van der Waals surface area contributed by atoms with Gasteiger partial charge in [0.05, 0.1) is 0 Å². The average Bonchev–Trinajstić information content (AvgIpc) is 2.41. The molecule has 0 aliphatic heterocycles. The number of rotatable bonds is 4. The minimum absolute atomic E-state index is 1.29. The summed E-state index contributed by atoms with van der Waals surface area (Å²) in [4.78, 5) is 0. The molecule has 0 atom stereocenters. The van der Waals surface area contributed by atoms with Gasteiger partial charge < -0.3 is 0 Å². The Hall–Kier alpha value is -0.260. The molecular formula is C10H17. The van der Waals surface area contributed by atoms with Crippen LogP contribution in [0.4, 0.5) is 0 Å². The fourth-order valence-electron chi connectivity index (χ4n) is 1.40. The predicted octanol–water partition coefficient (Wildman–Crippen LogP) is 3.49. The van der Waals surface area contributed by atoms with Crippen molar-refractivity contribution in [1.82, 2.24) is 0 Å². The van der Waals surface area contributed by atoms with Crippen LogP contribution in [0, 0.1) is 6.42 Å². The number of hydrogen-bond donors (Lipinski definition) is 0. The molecule has 0 bridgehead atoms. The molecule has 0 aromatic heterocycles. The summed E-state index contributed by atoms with van der Waals surface area (Å²) in [7, 11) is 0. The minimum atomic E-state index is 1.29. The number of hydrogen-bond acceptors (Lipinski definition) is 0. The average molecular weight is 137 g/mol. The lowest BCUT2D eigenvalue weighted by Crippen LogP contribution is -1.79. The van der Waals surface area contributed by atoms with E-state index in [9.17, 15) is 0 Å². The van der Waals surface area contributed by atoms with Crippen LogP contribution in [0.25, 0.3) is 0 Å². The van der Waals surface area contributed by atoms with Gasteiger partial charge in [0, 0.05) is 0 Å². The molecule has 0 spiro atoms. The highest BCUT2D eigenvalue weighted by Gasteiger charge is 2.02. The topological polar surface area (TPSA) is 0 Å². The SMILES string of the molecule is CCCCCC1=CCC[CH]1. The van der Waals surface area contributed by atoms with Gasteiger partial charge in [0.15, 0.2) is 0 Å². The van der Waals surface area contributed by atoms with E-state index in [4.69, 9.17) is 0 Å². The van der Waals surface area contributed by atoms with E-state index in [0.717, 1.165) is 0 Å². The third kappa shape index (κ3) is 2.55. The van der Waals surface area contributed by atoms with Crippen LogP contribution in [0.3, 0.4) is 0 Å². The fraction of sp³-hybridized carbons (Fsp3) is 0.700. The molecule has 0 fully saturated rings. The molecule has 0 saturated heterocycles. The van der Waals surface area contributed by atoms with Gasteiger partial charge in [0.2, 0.25) is 0 Å². The zero-order valence-corrected chi connectivity index (χ0v) is 6.90. The zero-order valence-electron chi connectivity index (χ0n) is 6.90. The maximum atomic E-state index is 2.38. The van der Waals surface area contributed by atoms with Gasteiger partial charge in [-0.2, -0.15) is 0 Å². The Morgan fingerprint density at radius 3 is 2.80 bits per heavy atom. The van der Waals surface area contributed by atoms with Gasteiger partial charge in [-0.15, -0.1) is 0 Å². The van der Waals surface area contributed by atoms with Crippen LogP contribution in [-0.2, 0) is 0 Å². The molecule has 0 aromatic carbocycles. The van der Waals surface area contributed by atoms with Crippen LogP contribution in [0.5, 0.6) is 0 Å². The van der Waals surface area contributed by atoms with Crippen molar-refractivity contribution >= 4 is 0 Å². The van der Waals surface area contributed by atoms with E-state index < -0.39 is 0 Å². The first kappa shape index (κ1) is 7.84. The molecule has 0 unspecified atom stereocenters. The fourth-order valence-corrected chi connectivity index (χ4v) is 1.40. The molecule has 0 heteroatoms. The van der Waals surface area contributed by atoms with E-state index in [-0.39, 0.29) is 0 Å². The summed E-state index contributed by atoms with van der Waals surface area (Å²) >= 11 is 0. The van der Waals surface area contributed by atoms with Gasteiger partial charge in [-0.3, -0.25) is 0 Å². The Bertz CT molecular complexity index is 111. The van der Waals surface area contributed by atoms with E-state index >= 15 is 0 Å². The predicted molar refractivity (Wildman–Crippen MR) is 45.8 cm³/mol. The Balaban J connectivity index is 2.01. The maximum Gasteiger partial charge on any atom is -0.0135 e. The molecule has 1 rings (SSSR count). The summed E-state index contributed by atoms with van der Waals surface area (Å²) in [5.74, 6) is 0. The molecule has 0 heterocycles. The first-order valence-electron chi connectivity index (χ1n) is 4.45. The molecule has 0 N–H and O–H groups in total. The van der Waals surface area contributed by atoms with Gasteiger partial charge in [0.25, 0.3) is 0 Å². The van der Waals surface area contributed by atoms with E-state index in [1.165, 1.54) is 38.5 Å². The monoisotopic (exact) mass is 137 g/mol. The van der Waals surface area contributed by atoms with E-state index in [0.29, 0.717) is 0 Å². The second-order valence-corrected chi connectivity index (χ2v) is 3.02. The van der Waals surface area contributed by atoms with Crippen molar-refractivity contribution < 1.29 is 0 Å². The third-order valence-corrected chi connectivity index (χ3v) is 2.05. The highest BCUT2D eigenvalue weighted by atomic mass is 14.1. The molecule has 57 valence electrons. The van der Waals surface area contributed by atoms with Crippen molar-refractivity contribution in [3.63, 3.8) is 0 Å². The minimum Gasteiger partial charge on any atom is -0.0850 e. The Labute approximate surface area is 64.3 Å². The maximum absolute atomic E-state index is 2.38. The molecule has 0 aromatic rings. The van der Waals surface area contributed by atoms with Crippen LogP contribution in [0.1, 0.15) is 45.4 Å². The summed E-state index contributed by atoms with van der Waals surface area (Å²) < 4.78 is 0. The van der Waals surface area contributed by atoms with Gasteiger partial charge in [0.1, 0.15) is 0 Å². The van der Waals surface area contributed by atoms with Gasteiger partial charge in [-0.1, -0.05) is 31.4 Å². The Kier molecular flexibility index (Phi) is 3.56. The number of allylic oxidation sites excluding steroid dienone is 2. The normalized spacial score (nSPS) is 17.5. The lowest BCUT2D eigenvalue weighted by molar-refractivity contribution is 0.716. The van der Waals surface area contributed by atoms with Crippen molar-refractivity contribution in [2.45, 2.75) is 45.4 Å². The molecule has 0 nitrogen and oxygen atoms in total. The standard InChI is InChI=1S/C10H17/c1-2-3-4-7-10-8-5-6-9-10/h8-9H,2-7H2,1H3. The summed E-state index contributed by atoms with van der Waals surface area (Å²) in [6, 6.07) is 0. The van der Waals surface area contributed by atoms with Gasteiger partial charge in [-0.25, -0.2) is 0 Å². The van der Waals surface area contributed by atoms with Crippen LogP contribution < -0.4 is 0 Å². The summed E-state index contributed by atoms with van der Waals surface area (Å²) in [5, 5.41) is 0. The highest BCUT2D eigenvalue weighted by Crippen LogP contribution is 2.21. The Morgan fingerprint density at radius 1 is 1.30 bits per heavy atom. The first-order chi connectivity index (χ1) is 4.93. The third-order valence-electron chi connectivity index (χ3n) is 2.05. The molecule has 0 amide bonds. The van der Waals surface area contributed by atoms with E-state index in [2.05, 4.69) is 19.4 Å². The van der Waals surface area contributed by atoms with Crippen molar-refractivity contribution in [3.05, 3.63) is 18.1 Å². The van der Waals surface area contributed by atoms with Crippen LogP contribution >= 0.6 is 0 Å². The first-order valence-corrected chi connectivity index (χ1v) is 4.45. The summed E-state index contributed by atoms with van der Waals surface area (Å²) in [6.45, 7) is 2.26. The van der Waals surface area contributed by atoms with Crippen LogP contribution in [0.15, 0.2) is 11.6 Å². The summed E-state index contributed by atoms with van der Waals surface area (Å²) in [5.41, 5.74) is 1.61. The van der Waals surface area contributed by atoms with Gasteiger partial charge >= 0.3 is 0 Å². The van der Waals surface area contributed by atoms with Gasteiger partial charge in [-0.05, 0) is 32.1 Å². The largest absolute Gasteiger partial charge is 0.0850 e. The van der Waals surface area contributed by atoms with E-state index in [1.807, 2.05) is 0 Å². The molecule has 1 radical (unpaired) electrons. The van der Waals surface area contributed by atoms with Crippen molar-refractivity contribution in [2.75, 3.05) is 0 Å². The van der Waals surface area contributed by atoms with Crippen LogP contribution in [0.2, 0.25) is 0 Å². The lowest BCUT2D eigenvalue weighted by Gasteiger charge is -1.98. The Morgan fingerprint density at radius 2 is 2.20 bits per heavy atom. The molecule has 1 aliphatic carbocycles. The number of unbranched alkanes of at least 4 members (excludes halogenated alkanes) is 2. The second-order valence-electron chi connectivity index (χ2n) is 3.02. The zero-order chi connectivity index (χ0) is 7.23. The van der Waals surface area contributed by atoms with Crippen molar-refractivity contribution in [2.24, 2.45) is 0 Å². The quantitative estimate of drug-likeness (QED) is 0.520. The van der Waals surface area contributed by atoms with Crippen LogP contribution in [-0.4, -0.2) is 0 Å². The molecular weight excluding hydrogens is 120 g/mol. The lowest BCUT2D eigenvalue weighted by atomic mass is 10.1. The summed E-state index contributed by atoms with van der Waals surface area (Å²) in [6.07, 6.45) is 12.8. The molecule has 10 heavy (non-hydrogen) atoms.